The molecular formula is C20H22N4. The zero-order valence-corrected chi connectivity index (χ0v) is 14.6. The number of imidazole rings is 2. The second-order valence-electron chi connectivity index (χ2n) is 7.37. The van der Waals surface area contributed by atoms with Crippen LogP contribution in [0.4, 0.5) is 0 Å². The van der Waals surface area contributed by atoms with Crippen LogP contribution in [0.15, 0.2) is 48.8 Å². The van der Waals surface area contributed by atoms with Crippen molar-refractivity contribution < 1.29 is 0 Å². The highest BCUT2D eigenvalue weighted by atomic mass is 15.0. The molecule has 4 nitrogen and oxygen atoms in total. The number of hydrogen-bond donors (Lipinski definition) is 0. The Hall–Kier alpha value is -2.62. The van der Waals surface area contributed by atoms with Crippen LogP contribution in [0.3, 0.4) is 0 Å². The second kappa shape index (κ2) is 5.20. The predicted octanol–water partition coefficient (Wildman–Crippen LogP) is 4.18. The van der Waals surface area contributed by atoms with Crippen molar-refractivity contribution in [2.45, 2.75) is 39.5 Å². The summed E-state index contributed by atoms with van der Waals surface area (Å²) in [5, 5.41) is 0. The lowest BCUT2D eigenvalue weighted by Crippen LogP contribution is -2.15. The summed E-state index contributed by atoms with van der Waals surface area (Å²) in [6, 6.07) is 12.4. The van der Waals surface area contributed by atoms with E-state index in [9.17, 15) is 0 Å². The molecule has 0 amide bonds. The van der Waals surface area contributed by atoms with Gasteiger partial charge in [0.25, 0.3) is 0 Å². The van der Waals surface area contributed by atoms with Crippen LogP contribution in [0, 0.1) is 6.92 Å². The molecule has 0 radical (unpaired) electrons. The lowest BCUT2D eigenvalue weighted by Gasteiger charge is -2.18. The predicted molar refractivity (Wildman–Crippen MR) is 96.6 cm³/mol. The molecule has 0 unspecified atom stereocenters. The second-order valence-corrected chi connectivity index (χ2v) is 7.37. The van der Waals surface area contributed by atoms with Gasteiger partial charge in [-0.15, -0.1) is 0 Å². The summed E-state index contributed by atoms with van der Waals surface area (Å²) in [6.07, 6.45) is 4.89. The van der Waals surface area contributed by atoms with Gasteiger partial charge in [-0.2, -0.15) is 0 Å². The lowest BCUT2D eigenvalue weighted by atomic mass is 9.89. The van der Waals surface area contributed by atoms with Crippen molar-refractivity contribution >= 4 is 11.3 Å². The van der Waals surface area contributed by atoms with Crippen LogP contribution in [-0.4, -0.2) is 18.8 Å². The van der Waals surface area contributed by atoms with Gasteiger partial charge in [0.05, 0.1) is 11.4 Å². The minimum absolute atomic E-state index is 0.00309. The Morgan fingerprint density at radius 3 is 2.58 bits per heavy atom. The van der Waals surface area contributed by atoms with Crippen LogP contribution in [0.5, 0.6) is 0 Å². The minimum Gasteiger partial charge on any atom is -0.303 e. The number of fused-ring (bicyclic) bond motifs is 2. The van der Waals surface area contributed by atoms with Gasteiger partial charge in [0.2, 0.25) is 0 Å². The van der Waals surface area contributed by atoms with E-state index in [1.54, 1.807) is 0 Å². The van der Waals surface area contributed by atoms with E-state index in [0.717, 1.165) is 23.4 Å². The van der Waals surface area contributed by atoms with Crippen molar-refractivity contribution in [1.29, 1.82) is 0 Å². The maximum absolute atomic E-state index is 4.90. The maximum Gasteiger partial charge on any atom is 0.137 e. The van der Waals surface area contributed by atoms with E-state index in [4.69, 9.17) is 4.98 Å². The normalized spacial score (nSPS) is 12.3. The molecule has 4 aromatic heterocycles. The molecule has 0 aliphatic heterocycles. The van der Waals surface area contributed by atoms with E-state index in [2.05, 4.69) is 78.0 Å². The Kier molecular flexibility index (Phi) is 3.23. The van der Waals surface area contributed by atoms with Crippen molar-refractivity contribution in [2.75, 3.05) is 0 Å². The van der Waals surface area contributed by atoms with Gasteiger partial charge >= 0.3 is 0 Å². The molecule has 24 heavy (non-hydrogen) atoms. The molecule has 4 aromatic rings. The average Bonchev–Trinajstić information content (AvgIpc) is 3.11. The van der Waals surface area contributed by atoms with Crippen LogP contribution in [0.2, 0.25) is 0 Å². The Morgan fingerprint density at radius 1 is 1.00 bits per heavy atom. The Morgan fingerprint density at radius 2 is 1.79 bits per heavy atom. The molecule has 0 saturated heterocycles. The maximum atomic E-state index is 4.90. The van der Waals surface area contributed by atoms with E-state index in [0.29, 0.717) is 0 Å². The third-order valence-corrected chi connectivity index (χ3v) is 4.49. The van der Waals surface area contributed by atoms with Crippen molar-refractivity contribution in [1.82, 2.24) is 18.8 Å². The third-order valence-electron chi connectivity index (χ3n) is 4.49. The zero-order valence-electron chi connectivity index (χ0n) is 14.6. The van der Waals surface area contributed by atoms with E-state index >= 15 is 0 Å². The summed E-state index contributed by atoms with van der Waals surface area (Å²) in [5.41, 5.74) is 6.78. The fraction of sp³-hybridized carbons (Fsp3) is 0.300. The molecule has 0 aliphatic carbocycles. The standard InChI is InChI=1S/C20H22N4/c1-14-8-7-10-17-21-13-15(24(14)17)12-16-19(20(2,3)4)22-18-9-5-6-11-23(16)18/h5-11,13H,12H2,1-4H3. The molecule has 0 aromatic carbocycles. The summed E-state index contributed by atoms with van der Waals surface area (Å²) < 4.78 is 4.44. The molecule has 0 bridgehead atoms. The van der Waals surface area contributed by atoms with Crippen LogP contribution < -0.4 is 0 Å². The number of rotatable bonds is 2. The van der Waals surface area contributed by atoms with Gasteiger partial charge in [-0.1, -0.05) is 32.9 Å². The van der Waals surface area contributed by atoms with Gasteiger partial charge < -0.3 is 8.80 Å². The summed E-state index contributed by atoms with van der Waals surface area (Å²) in [6.45, 7) is 8.78. The highest BCUT2D eigenvalue weighted by Crippen LogP contribution is 2.28. The third kappa shape index (κ3) is 2.30. The van der Waals surface area contributed by atoms with Crippen LogP contribution in [-0.2, 0) is 11.8 Å². The van der Waals surface area contributed by atoms with Crippen LogP contribution in [0.1, 0.15) is 43.5 Å². The van der Waals surface area contributed by atoms with Gasteiger partial charge in [-0.05, 0) is 31.2 Å². The monoisotopic (exact) mass is 318 g/mol. The quantitative estimate of drug-likeness (QED) is 0.556. The van der Waals surface area contributed by atoms with Crippen molar-refractivity contribution in [3.63, 3.8) is 0 Å². The number of pyridine rings is 2. The van der Waals surface area contributed by atoms with Crippen molar-refractivity contribution in [3.05, 3.63) is 71.6 Å². The summed E-state index contributed by atoms with van der Waals surface area (Å²) in [7, 11) is 0. The van der Waals surface area contributed by atoms with Crippen LogP contribution in [0.25, 0.3) is 11.3 Å². The molecule has 0 N–H and O–H groups in total. The molecule has 0 saturated carbocycles. The largest absolute Gasteiger partial charge is 0.303 e. The van der Waals surface area contributed by atoms with Crippen molar-refractivity contribution in [3.8, 4) is 0 Å². The van der Waals surface area contributed by atoms with Gasteiger partial charge in [-0.25, -0.2) is 9.97 Å². The van der Waals surface area contributed by atoms with Gasteiger partial charge in [-0.3, -0.25) is 0 Å². The Bertz CT molecular complexity index is 1030. The first-order valence-electron chi connectivity index (χ1n) is 8.33. The minimum atomic E-state index is -0.00309. The van der Waals surface area contributed by atoms with Gasteiger partial charge in [0.1, 0.15) is 11.3 Å². The fourth-order valence-corrected chi connectivity index (χ4v) is 3.39. The lowest BCUT2D eigenvalue weighted by molar-refractivity contribution is 0.565. The Labute approximate surface area is 141 Å². The molecule has 4 rings (SSSR count). The van der Waals surface area contributed by atoms with E-state index in [-0.39, 0.29) is 5.41 Å². The molecule has 0 atom stereocenters. The smallest absolute Gasteiger partial charge is 0.137 e. The molecule has 0 aliphatic rings. The topological polar surface area (TPSA) is 34.6 Å². The van der Waals surface area contributed by atoms with E-state index in [1.807, 2.05) is 12.3 Å². The highest BCUT2D eigenvalue weighted by Gasteiger charge is 2.24. The molecular weight excluding hydrogens is 296 g/mol. The highest BCUT2D eigenvalue weighted by molar-refractivity contribution is 5.47. The number of aromatic nitrogens is 4. The average molecular weight is 318 g/mol. The summed E-state index contributed by atoms with van der Waals surface area (Å²) in [4.78, 5) is 9.47. The van der Waals surface area contributed by atoms with Gasteiger partial charge in [0, 0.05) is 35.6 Å². The molecule has 0 spiro atoms. The first-order valence-corrected chi connectivity index (χ1v) is 8.33. The first-order chi connectivity index (χ1) is 11.4. The van der Waals surface area contributed by atoms with E-state index < -0.39 is 0 Å². The molecule has 4 heteroatoms. The number of hydrogen-bond acceptors (Lipinski definition) is 2. The van der Waals surface area contributed by atoms with Crippen molar-refractivity contribution in [2.24, 2.45) is 0 Å². The summed E-state index contributed by atoms with van der Waals surface area (Å²) in [5.74, 6) is 0. The Balaban J connectivity index is 1.93. The molecule has 4 heterocycles. The number of aryl methyl sites for hydroxylation is 1. The SMILES string of the molecule is Cc1cccc2ncc(Cc3c(C(C)(C)C)nc4ccccn34)n12. The zero-order chi connectivity index (χ0) is 16.9. The van der Waals surface area contributed by atoms with Gasteiger partial charge in [0.15, 0.2) is 0 Å². The van der Waals surface area contributed by atoms with Crippen LogP contribution >= 0.6 is 0 Å². The van der Waals surface area contributed by atoms with E-state index in [1.165, 1.54) is 17.1 Å². The fourth-order valence-electron chi connectivity index (χ4n) is 3.39. The first kappa shape index (κ1) is 14.9. The summed E-state index contributed by atoms with van der Waals surface area (Å²) >= 11 is 0. The molecule has 0 fully saturated rings. The molecule has 122 valence electrons. The number of nitrogens with zero attached hydrogens (tertiary/aromatic N) is 4.